The number of hydrogen-bond acceptors (Lipinski definition) is 5. The van der Waals surface area contributed by atoms with Gasteiger partial charge >= 0.3 is 0 Å². The van der Waals surface area contributed by atoms with Crippen LogP contribution in [0.3, 0.4) is 0 Å². The van der Waals surface area contributed by atoms with Crippen molar-refractivity contribution in [1.82, 2.24) is 25.7 Å². The summed E-state index contributed by atoms with van der Waals surface area (Å²) in [5.41, 5.74) is 1.62. The summed E-state index contributed by atoms with van der Waals surface area (Å²) in [5, 5.41) is 12.8. The van der Waals surface area contributed by atoms with E-state index in [9.17, 15) is 9.59 Å². The van der Waals surface area contributed by atoms with Crippen molar-refractivity contribution < 1.29 is 14.3 Å². The number of H-pyrrole nitrogens is 1. The minimum absolute atomic E-state index is 0.0314. The Morgan fingerprint density at radius 3 is 2.96 bits per heavy atom. The van der Waals surface area contributed by atoms with Crippen LogP contribution < -0.4 is 10.6 Å². The number of carbonyl (C=O) groups excluding carboxylic acids is 2. The zero-order chi connectivity index (χ0) is 19.1. The molecule has 0 aromatic carbocycles. The van der Waals surface area contributed by atoms with Gasteiger partial charge in [0.15, 0.2) is 0 Å². The lowest BCUT2D eigenvalue weighted by Crippen LogP contribution is -2.57. The highest BCUT2D eigenvalue weighted by atomic mass is 16.5. The number of nitrogens with zero attached hydrogens (tertiary/aromatic N) is 2. The van der Waals surface area contributed by atoms with Crippen LogP contribution in [0.2, 0.25) is 0 Å². The number of carbonyl (C=O) groups is 2. The van der Waals surface area contributed by atoms with E-state index < -0.39 is 0 Å². The smallest absolute Gasteiger partial charge is 0.237 e. The zero-order valence-electron chi connectivity index (χ0n) is 16.1. The lowest BCUT2D eigenvalue weighted by Gasteiger charge is -2.37. The van der Waals surface area contributed by atoms with E-state index in [4.69, 9.17) is 4.74 Å². The normalized spacial score (nSPS) is 21.8. The number of piperazine rings is 1. The molecule has 0 bridgehead atoms. The summed E-state index contributed by atoms with van der Waals surface area (Å²) in [6, 6.07) is 1.50. The molecule has 1 aliphatic heterocycles. The molecule has 2 fully saturated rings. The quantitative estimate of drug-likeness (QED) is 0.626. The third-order valence-electron chi connectivity index (χ3n) is 5.49. The molecule has 1 saturated carbocycles. The van der Waals surface area contributed by atoms with Crippen molar-refractivity contribution in [2.24, 2.45) is 5.92 Å². The fourth-order valence-corrected chi connectivity index (χ4v) is 4.07. The predicted octanol–water partition coefficient (Wildman–Crippen LogP) is 0.943. The minimum Gasteiger partial charge on any atom is -0.378 e. The topological polar surface area (TPSA) is 99.3 Å². The van der Waals surface area contributed by atoms with Gasteiger partial charge in [0.1, 0.15) is 0 Å². The summed E-state index contributed by atoms with van der Waals surface area (Å²) in [6.45, 7) is 3.21. The van der Waals surface area contributed by atoms with Crippen molar-refractivity contribution in [1.29, 1.82) is 0 Å². The summed E-state index contributed by atoms with van der Waals surface area (Å²) in [6.07, 6.45) is 6.55. The SMILES string of the molecule is COCc1cc(CNC(=O)C[C@@H]2C(=O)NCCN2CC2CCCCC2)[nH]n1. The van der Waals surface area contributed by atoms with E-state index in [-0.39, 0.29) is 24.3 Å². The van der Waals surface area contributed by atoms with Gasteiger partial charge in [0, 0.05) is 26.7 Å². The van der Waals surface area contributed by atoms with Crippen LogP contribution in [0.1, 0.15) is 49.9 Å². The molecule has 3 N–H and O–H groups in total. The molecule has 27 heavy (non-hydrogen) atoms. The van der Waals surface area contributed by atoms with E-state index in [1.807, 2.05) is 6.07 Å². The van der Waals surface area contributed by atoms with E-state index in [0.717, 1.165) is 24.5 Å². The maximum absolute atomic E-state index is 12.4. The number of aromatic amines is 1. The van der Waals surface area contributed by atoms with E-state index in [0.29, 0.717) is 25.6 Å². The second kappa shape index (κ2) is 9.85. The molecule has 0 unspecified atom stereocenters. The number of methoxy groups -OCH3 is 1. The first-order valence-electron chi connectivity index (χ1n) is 9.96. The summed E-state index contributed by atoms with van der Waals surface area (Å²) in [4.78, 5) is 27.0. The van der Waals surface area contributed by atoms with Crippen molar-refractivity contribution in [2.75, 3.05) is 26.7 Å². The van der Waals surface area contributed by atoms with Gasteiger partial charge in [-0.1, -0.05) is 19.3 Å². The molecule has 3 rings (SSSR count). The Hall–Kier alpha value is -1.93. The Balaban J connectivity index is 1.50. The molecule has 2 heterocycles. The molecule has 2 aliphatic rings. The van der Waals surface area contributed by atoms with Gasteiger partial charge in [0.25, 0.3) is 0 Å². The highest BCUT2D eigenvalue weighted by molar-refractivity contribution is 5.88. The molecule has 1 aromatic rings. The third-order valence-corrected chi connectivity index (χ3v) is 5.49. The van der Waals surface area contributed by atoms with Crippen LogP contribution >= 0.6 is 0 Å². The van der Waals surface area contributed by atoms with Crippen LogP contribution in [0.25, 0.3) is 0 Å². The van der Waals surface area contributed by atoms with Crippen molar-refractivity contribution in [3.05, 3.63) is 17.5 Å². The van der Waals surface area contributed by atoms with Crippen LogP contribution in [0.4, 0.5) is 0 Å². The maximum Gasteiger partial charge on any atom is 0.237 e. The summed E-state index contributed by atoms with van der Waals surface area (Å²) in [5.74, 6) is 0.504. The lowest BCUT2D eigenvalue weighted by atomic mass is 9.88. The molecular formula is C19H31N5O3. The van der Waals surface area contributed by atoms with Crippen molar-refractivity contribution in [2.45, 2.75) is 57.7 Å². The van der Waals surface area contributed by atoms with Gasteiger partial charge in [-0.05, 0) is 24.8 Å². The number of aromatic nitrogens is 2. The molecule has 8 nitrogen and oxygen atoms in total. The van der Waals surface area contributed by atoms with E-state index >= 15 is 0 Å². The van der Waals surface area contributed by atoms with Gasteiger partial charge < -0.3 is 15.4 Å². The van der Waals surface area contributed by atoms with Gasteiger partial charge in [0.05, 0.1) is 37.0 Å². The Morgan fingerprint density at radius 2 is 2.19 bits per heavy atom. The Kier molecular flexibility index (Phi) is 7.23. The van der Waals surface area contributed by atoms with E-state index in [2.05, 4.69) is 25.7 Å². The van der Waals surface area contributed by atoms with Crippen LogP contribution in [-0.4, -0.2) is 59.7 Å². The zero-order valence-corrected chi connectivity index (χ0v) is 16.1. The molecule has 1 atom stereocenters. The fourth-order valence-electron chi connectivity index (χ4n) is 4.07. The summed E-state index contributed by atoms with van der Waals surface area (Å²) in [7, 11) is 1.62. The third kappa shape index (κ3) is 5.77. The molecule has 8 heteroatoms. The molecule has 0 radical (unpaired) electrons. The molecular weight excluding hydrogens is 346 g/mol. The van der Waals surface area contributed by atoms with Crippen molar-refractivity contribution in [3.8, 4) is 0 Å². The van der Waals surface area contributed by atoms with E-state index in [1.54, 1.807) is 7.11 Å². The fraction of sp³-hybridized carbons (Fsp3) is 0.737. The van der Waals surface area contributed by atoms with Gasteiger partial charge in [-0.3, -0.25) is 19.6 Å². The number of amides is 2. The minimum atomic E-state index is -0.369. The van der Waals surface area contributed by atoms with Crippen molar-refractivity contribution in [3.63, 3.8) is 0 Å². The molecule has 150 valence electrons. The number of nitrogens with one attached hydrogen (secondary N) is 3. The number of rotatable bonds is 8. The van der Waals surface area contributed by atoms with Crippen LogP contribution in [0.15, 0.2) is 6.07 Å². The molecule has 1 aromatic heterocycles. The highest BCUT2D eigenvalue weighted by Gasteiger charge is 2.33. The lowest BCUT2D eigenvalue weighted by molar-refractivity contribution is -0.134. The molecule has 1 saturated heterocycles. The van der Waals surface area contributed by atoms with Crippen molar-refractivity contribution >= 4 is 11.8 Å². The number of hydrogen-bond donors (Lipinski definition) is 3. The molecule has 2 amide bonds. The van der Waals surface area contributed by atoms with Gasteiger partial charge in [-0.15, -0.1) is 0 Å². The Bertz CT molecular complexity index is 627. The van der Waals surface area contributed by atoms with Gasteiger partial charge in [-0.25, -0.2) is 0 Å². The Labute approximate surface area is 160 Å². The van der Waals surface area contributed by atoms with Gasteiger partial charge in [0.2, 0.25) is 11.8 Å². The first-order valence-corrected chi connectivity index (χ1v) is 9.96. The monoisotopic (exact) mass is 377 g/mol. The molecule has 1 aliphatic carbocycles. The van der Waals surface area contributed by atoms with E-state index in [1.165, 1.54) is 32.1 Å². The first-order chi connectivity index (χ1) is 13.2. The first kappa shape index (κ1) is 19.8. The number of ether oxygens (including phenoxy) is 1. The summed E-state index contributed by atoms with van der Waals surface area (Å²) < 4.78 is 5.03. The standard InChI is InChI=1S/C19H31N5O3/c1-27-13-16-9-15(22-23-16)11-21-18(25)10-17-19(26)20-7-8-24(17)12-14-5-3-2-4-6-14/h9,14,17H,2-8,10-13H2,1H3,(H,20,26)(H,21,25)(H,22,23)/t17-/m1/s1. The maximum atomic E-state index is 12.4. The second-order valence-electron chi connectivity index (χ2n) is 7.60. The van der Waals surface area contributed by atoms with Gasteiger partial charge in [-0.2, -0.15) is 5.10 Å². The second-order valence-corrected chi connectivity index (χ2v) is 7.60. The van der Waals surface area contributed by atoms with Crippen LogP contribution in [0, 0.1) is 5.92 Å². The average Bonchev–Trinajstić information content (AvgIpc) is 3.12. The molecule has 0 spiro atoms. The summed E-state index contributed by atoms with van der Waals surface area (Å²) >= 11 is 0. The largest absolute Gasteiger partial charge is 0.378 e. The predicted molar refractivity (Wildman–Crippen MR) is 101 cm³/mol. The van der Waals surface area contributed by atoms with Crippen LogP contribution in [-0.2, 0) is 27.5 Å². The Morgan fingerprint density at radius 1 is 1.37 bits per heavy atom. The average molecular weight is 377 g/mol. The highest BCUT2D eigenvalue weighted by Crippen LogP contribution is 2.25. The van der Waals surface area contributed by atoms with Crippen LogP contribution in [0.5, 0.6) is 0 Å².